The summed E-state index contributed by atoms with van der Waals surface area (Å²) in [7, 11) is 2.97. The minimum Gasteiger partial charge on any atom is -0.464 e. The lowest BCUT2D eigenvalue weighted by atomic mass is 10.1. The van der Waals surface area contributed by atoms with Crippen LogP contribution in [0.3, 0.4) is 0 Å². The van der Waals surface area contributed by atoms with E-state index in [2.05, 4.69) is 19.6 Å². The maximum atomic E-state index is 12.5. The number of hydrogen-bond acceptors (Lipinski definition) is 6. The van der Waals surface area contributed by atoms with E-state index in [1.807, 2.05) is 24.4 Å². The molecule has 1 N–H and O–H groups in total. The van der Waals surface area contributed by atoms with Crippen LogP contribution in [0.5, 0.6) is 0 Å². The molecular formula is C18H19N3O4S. The van der Waals surface area contributed by atoms with E-state index in [0.717, 1.165) is 17.4 Å². The predicted molar refractivity (Wildman–Crippen MR) is 100.0 cm³/mol. The Kier molecular flexibility index (Phi) is 5.34. The van der Waals surface area contributed by atoms with Gasteiger partial charge in [0.15, 0.2) is 10.8 Å². The molecule has 26 heavy (non-hydrogen) atoms. The summed E-state index contributed by atoms with van der Waals surface area (Å²) in [6, 6.07) is 7.47. The molecule has 1 aromatic carbocycles. The van der Waals surface area contributed by atoms with Crippen LogP contribution in [0.25, 0.3) is 10.9 Å². The zero-order chi connectivity index (χ0) is 18.7. The minimum atomic E-state index is -0.516. The number of carbonyl (C=O) groups is 2. The molecule has 2 aromatic heterocycles. The number of aromatic nitrogens is 2. The van der Waals surface area contributed by atoms with E-state index in [0.29, 0.717) is 22.2 Å². The number of esters is 1. The van der Waals surface area contributed by atoms with Crippen molar-refractivity contribution >= 4 is 39.2 Å². The van der Waals surface area contributed by atoms with Crippen LogP contribution in [0.15, 0.2) is 30.5 Å². The molecule has 0 fully saturated rings. The number of anilines is 1. The average Bonchev–Trinajstić information content (AvgIpc) is 3.21. The van der Waals surface area contributed by atoms with Gasteiger partial charge in [0.25, 0.3) is 5.91 Å². The lowest BCUT2D eigenvalue weighted by Crippen LogP contribution is -2.12. The summed E-state index contributed by atoms with van der Waals surface area (Å²) in [6.45, 7) is 3.13. The first-order valence-electron chi connectivity index (χ1n) is 7.98. The Morgan fingerprint density at radius 1 is 1.27 bits per heavy atom. The zero-order valence-electron chi connectivity index (χ0n) is 14.7. The highest BCUT2D eigenvalue weighted by Gasteiger charge is 2.17. The van der Waals surface area contributed by atoms with Crippen molar-refractivity contribution in [3.05, 3.63) is 46.6 Å². The number of carbonyl (C=O) groups excluding carboxylic acids is 2. The molecule has 0 saturated carbocycles. The molecule has 0 aliphatic carbocycles. The number of nitrogens with zero attached hydrogens (tertiary/aromatic N) is 2. The maximum absolute atomic E-state index is 12.5. The van der Waals surface area contributed by atoms with E-state index in [1.165, 1.54) is 18.4 Å². The molecule has 0 bridgehead atoms. The van der Waals surface area contributed by atoms with E-state index in [1.54, 1.807) is 20.1 Å². The van der Waals surface area contributed by atoms with Crippen LogP contribution < -0.4 is 5.32 Å². The van der Waals surface area contributed by atoms with Gasteiger partial charge in [0, 0.05) is 41.2 Å². The quantitative estimate of drug-likeness (QED) is 0.672. The topological polar surface area (TPSA) is 82.5 Å². The first-order chi connectivity index (χ1) is 12.5. The molecule has 0 aliphatic heterocycles. The smallest absolute Gasteiger partial charge is 0.357 e. The zero-order valence-corrected chi connectivity index (χ0v) is 15.6. The van der Waals surface area contributed by atoms with Gasteiger partial charge in [0.05, 0.1) is 13.7 Å². The highest BCUT2D eigenvalue weighted by molar-refractivity contribution is 7.16. The van der Waals surface area contributed by atoms with E-state index in [4.69, 9.17) is 4.74 Å². The molecular weight excluding hydrogens is 354 g/mol. The maximum Gasteiger partial charge on any atom is 0.357 e. The largest absolute Gasteiger partial charge is 0.464 e. The summed E-state index contributed by atoms with van der Waals surface area (Å²) in [5.41, 5.74) is 1.78. The van der Waals surface area contributed by atoms with Crippen molar-refractivity contribution in [3.63, 3.8) is 0 Å². The number of aryl methyl sites for hydroxylation is 1. The number of rotatable bonds is 6. The van der Waals surface area contributed by atoms with Gasteiger partial charge in [0.1, 0.15) is 0 Å². The molecule has 3 aromatic rings. The van der Waals surface area contributed by atoms with Crippen molar-refractivity contribution in [2.75, 3.05) is 26.1 Å². The van der Waals surface area contributed by atoms with Gasteiger partial charge in [-0.1, -0.05) is 0 Å². The average molecular weight is 373 g/mol. The summed E-state index contributed by atoms with van der Waals surface area (Å²) in [4.78, 5) is 29.0. The standard InChI is InChI=1S/C18H19N3O4S/c1-11-15(17(23)25-3)19-18(26-11)20-16(22)13-4-5-14-12(10-13)6-7-21(14)8-9-24-2/h4-7,10H,8-9H2,1-3H3,(H,19,20,22). The number of fused-ring (bicyclic) bond motifs is 1. The molecule has 7 nitrogen and oxygen atoms in total. The number of hydrogen-bond donors (Lipinski definition) is 1. The summed E-state index contributed by atoms with van der Waals surface area (Å²) in [6.07, 6.45) is 1.97. The summed E-state index contributed by atoms with van der Waals surface area (Å²) >= 11 is 1.24. The summed E-state index contributed by atoms with van der Waals surface area (Å²) < 4.78 is 11.9. The Hall–Kier alpha value is -2.71. The second-order valence-electron chi connectivity index (χ2n) is 5.65. The van der Waals surface area contributed by atoms with E-state index in [-0.39, 0.29) is 11.6 Å². The van der Waals surface area contributed by atoms with Crippen molar-refractivity contribution in [3.8, 4) is 0 Å². The van der Waals surface area contributed by atoms with Gasteiger partial charge in [0.2, 0.25) is 0 Å². The van der Waals surface area contributed by atoms with Crippen molar-refractivity contribution in [2.24, 2.45) is 0 Å². The van der Waals surface area contributed by atoms with Crippen LogP contribution in [-0.4, -0.2) is 42.3 Å². The predicted octanol–water partition coefficient (Wildman–Crippen LogP) is 3.09. The van der Waals surface area contributed by atoms with Gasteiger partial charge in [-0.2, -0.15) is 0 Å². The van der Waals surface area contributed by atoms with Crippen molar-refractivity contribution in [1.29, 1.82) is 0 Å². The molecule has 2 heterocycles. The molecule has 0 aliphatic rings. The number of ether oxygens (including phenoxy) is 2. The SMILES string of the molecule is COCCn1ccc2cc(C(=O)Nc3nc(C(=O)OC)c(C)s3)ccc21. The van der Waals surface area contributed by atoms with Crippen LogP contribution in [0, 0.1) is 6.92 Å². The summed E-state index contributed by atoms with van der Waals surface area (Å²) in [5, 5.41) is 4.08. The van der Waals surface area contributed by atoms with Crippen molar-refractivity contribution < 1.29 is 19.1 Å². The molecule has 0 spiro atoms. The van der Waals surface area contributed by atoms with Crippen LogP contribution in [0.2, 0.25) is 0 Å². The van der Waals surface area contributed by atoms with Crippen molar-refractivity contribution in [1.82, 2.24) is 9.55 Å². The second-order valence-corrected chi connectivity index (χ2v) is 6.85. The lowest BCUT2D eigenvalue weighted by molar-refractivity contribution is 0.0594. The Morgan fingerprint density at radius 3 is 2.81 bits per heavy atom. The van der Waals surface area contributed by atoms with Gasteiger partial charge >= 0.3 is 5.97 Å². The third-order valence-electron chi connectivity index (χ3n) is 3.97. The highest BCUT2D eigenvalue weighted by atomic mass is 32.1. The van der Waals surface area contributed by atoms with Gasteiger partial charge in [-0.25, -0.2) is 9.78 Å². The minimum absolute atomic E-state index is 0.221. The fourth-order valence-electron chi connectivity index (χ4n) is 2.63. The highest BCUT2D eigenvalue weighted by Crippen LogP contribution is 2.24. The second kappa shape index (κ2) is 7.67. The molecule has 136 valence electrons. The first kappa shape index (κ1) is 18.1. The van der Waals surface area contributed by atoms with E-state index >= 15 is 0 Å². The van der Waals surface area contributed by atoms with Gasteiger partial charge < -0.3 is 14.0 Å². The van der Waals surface area contributed by atoms with Crippen molar-refractivity contribution in [2.45, 2.75) is 13.5 Å². The van der Waals surface area contributed by atoms with Gasteiger partial charge in [-0.05, 0) is 31.2 Å². The van der Waals surface area contributed by atoms with Crippen LogP contribution in [0.1, 0.15) is 25.7 Å². The monoisotopic (exact) mass is 373 g/mol. The molecule has 0 unspecified atom stereocenters. The molecule has 8 heteroatoms. The van der Waals surface area contributed by atoms with Crippen LogP contribution >= 0.6 is 11.3 Å². The van der Waals surface area contributed by atoms with E-state index < -0.39 is 5.97 Å². The van der Waals surface area contributed by atoms with Gasteiger partial charge in [-0.15, -0.1) is 11.3 Å². The third kappa shape index (κ3) is 3.61. The number of benzene rings is 1. The third-order valence-corrected chi connectivity index (χ3v) is 4.85. The Labute approximate surface area is 154 Å². The van der Waals surface area contributed by atoms with Crippen LogP contribution in [-0.2, 0) is 16.0 Å². The molecule has 0 radical (unpaired) electrons. The fourth-order valence-corrected chi connectivity index (χ4v) is 3.43. The van der Waals surface area contributed by atoms with Crippen LogP contribution in [0.4, 0.5) is 5.13 Å². The molecule has 0 saturated heterocycles. The summed E-state index contributed by atoms with van der Waals surface area (Å²) in [5.74, 6) is -0.792. The molecule has 1 amide bonds. The Morgan fingerprint density at radius 2 is 2.08 bits per heavy atom. The lowest BCUT2D eigenvalue weighted by Gasteiger charge is -2.06. The number of thiazole rings is 1. The Balaban J connectivity index is 1.79. The fraction of sp³-hybridized carbons (Fsp3) is 0.278. The molecule has 3 rings (SSSR count). The number of nitrogens with one attached hydrogen (secondary N) is 1. The Bertz CT molecular complexity index is 961. The van der Waals surface area contributed by atoms with Gasteiger partial charge in [-0.3, -0.25) is 10.1 Å². The normalized spacial score (nSPS) is 10.9. The number of amides is 1. The number of methoxy groups -OCH3 is 2. The first-order valence-corrected chi connectivity index (χ1v) is 8.80. The molecule has 0 atom stereocenters. The van der Waals surface area contributed by atoms with E-state index in [9.17, 15) is 9.59 Å².